The fourth-order valence-corrected chi connectivity index (χ4v) is 2.36. The summed E-state index contributed by atoms with van der Waals surface area (Å²) in [6.07, 6.45) is 1.70. The summed E-state index contributed by atoms with van der Waals surface area (Å²) in [4.78, 5) is 1.99. The van der Waals surface area contributed by atoms with Gasteiger partial charge in [-0.05, 0) is 24.1 Å². The zero-order chi connectivity index (χ0) is 13.8. The second kappa shape index (κ2) is 6.17. The van der Waals surface area contributed by atoms with Gasteiger partial charge in [-0.1, -0.05) is 12.1 Å². The summed E-state index contributed by atoms with van der Waals surface area (Å²) in [6, 6.07) is 7.73. The van der Waals surface area contributed by atoms with Crippen LogP contribution in [0, 0.1) is 0 Å². The van der Waals surface area contributed by atoms with E-state index in [1.165, 1.54) is 6.26 Å². The van der Waals surface area contributed by atoms with Gasteiger partial charge in [0.05, 0.1) is 5.75 Å². The van der Waals surface area contributed by atoms with E-state index in [9.17, 15) is 8.42 Å². The van der Waals surface area contributed by atoms with Gasteiger partial charge in [0.2, 0.25) is 0 Å². The van der Waals surface area contributed by atoms with E-state index in [2.05, 4.69) is 5.43 Å². The zero-order valence-corrected chi connectivity index (χ0v) is 11.9. The minimum Gasteiger partial charge on any atom is -0.378 e. The predicted molar refractivity (Wildman–Crippen MR) is 75.2 cm³/mol. The fourth-order valence-electron chi connectivity index (χ4n) is 1.70. The minimum atomic E-state index is -2.97. The Kier molecular flexibility index (Phi) is 5.13. The lowest BCUT2D eigenvalue weighted by molar-refractivity contribution is 0.531. The highest BCUT2D eigenvalue weighted by Crippen LogP contribution is 2.21. The third kappa shape index (κ3) is 4.64. The van der Waals surface area contributed by atoms with Crippen LogP contribution in [0.15, 0.2) is 24.3 Å². The van der Waals surface area contributed by atoms with Crippen molar-refractivity contribution in [2.45, 2.75) is 12.5 Å². The Bertz CT molecular complexity index is 486. The molecular weight excluding hydrogens is 250 g/mol. The summed E-state index contributed by atoms with van der Waals surface area (Å²) in [5.74, 6) is 5.62. The molecule has 0 heterocycles. The number of anilines is 1. The number of nitrogens with two attached hydrogens (primary N) is 1. The Morgan fingerprint density at radius 3 is 2.56 bits per heavy atom. The monoisotopic (exact) mass is 271 g/mol. The van der Waals surface area contributed by atoms with Crippen molar-refractivity contribution in [3.63, 3.8) is 0 Å². The van der Waals surface area contributed by atoms with Gasteiger partial charge in [-0.15, -0.1) is 0 Å². The average Bonchev–Trinajstić information content (AvgIpc) is 2.28. The van der Waals surface area contributed by atoms with Crippen molar-refractivity contribution in [1.82, 2.24) is 5.43 Å². The van der Waals surface area contributed by atoms with Crippen LogP contribution in [0.2, 0.25) is 0 Å². The summed E-state index contributed by atoms with van der Waals surface area (Å²) < 4.78 is 22.4. The molecule has 0 amide bonds. The third-order valence-electron chi connectivity index (χ3n) is 2.77. The number of sulfone groups is 1. The van der Waals surface area contributed by atoms with Crippen molar-refractivity contribution >= 4 is 15.5 Å². The van der Waals surface area contributed by atoms with Crippen molar-refractivity contribution in [1.29, 1.82) is 0 Å². The Hall–Kier alpha value is -1.11. The molecule has 1 rings (SSSR count). The van der Waals surface area contributed by atoms with Crippen LogP contribution in [0.4, 0.5) is 5.69 Å². The molecule has 0 fully saturated rings. The van der Waals surface area contributed by atoms with E-state index >= 15 is 0 Å². The van der Waals surface area contributed by atoms with Gasteiger partial charge >= 0.3 is 0 Å². The van der Waals surface area contributed by atoms with Gasteiger partial charge in [-0.25, -0.2) is 8.42 Å². The number of nitrogens with one attached hydrogen (secondary N) is 1. The molecule has 1 unspecified atom stereocenters. The highest BCUT2D eigenvalue weighted by Gasteiger charge is 2.13. The van der Waals surface area contributed by atoms with Crippen molar-refractivity contribution in [3.05, 3.63) is 29.8 Å². The van der Waals surface area contributed by atoms with E-state index in [1.54, 1.807) is 0 Å². The number of rotatable bonds is 6. The van der Waals surface area contributed by atoms with Gasteiger partial charge in [0, 0.05) is 32.1 Å². The fraction of sp³-hybridized carbons (Fsp3) is 0.500. The Labute approximate surface area is 109 Å². The molecular formula is C12H21N3O2S. The number of nitrogens with zero attached hydrogens (tertiary/aromatic N) is 1. The first-order chi connectivity index (χ1) is 8.33. The van der Waals surface area contributed by atoms with Crippen LogP contribution in [0.25, 0.3) is 0 Å². The lowest BCUT2D eigenvalue weighted by Gasteiger charge is -2.19. The second-order valence-corrected chi connectivity index (χ2v) is 6.89. The number of benzene rings is 1. The molecule has 0 aromatic heterocycles. The third-order valence-corrected chi connectivity index (χ3v) is 3.74. The molecule has 102 valence electrons. The average molecular weight is 271 g/mol. The van der Waals surface area contributed by atoms with E-state index in [1.807, 2.05) is 43.3 Å². The highest BCUT2D eigenvalue weighted by molar-refractivity contribution is 7.90. The zero-order valence-electron chi connectivity index (χ0n) is 11.1. The summed E-state index contributed by atoms with van der Waals surface area (Å²) in [7, 11) is 0.948. The van der Waals surface area contributed by atoms with Crippen molar-refractivity contribution in [2.75, 3.05) is 31.0 Å². The second-order valence-electron chi connectivity index (χ2n) is 4.63. The molecule has 0 saturated carbocycles. The van der Waals surface area contributed by atoms with Gasteiger partial charge in [-0.2, -0.15) is 0 Å². The molecule has 0 spiro atoms. The van der Waals surface area contributed by atoms with Crippen molar-refractivity contribution in [3.8, 4) is 0 Å². The molecule has 1 atom stereocenters. The first-order valence-corrected chi connectivity index (χ1v) is 7.80. The normalized spacial score (nSPS) is 13.3. The Morgan fingerprint density at radius 1 is 1.39 bits per heavy atom. The molecule has 6 heteroatoms. The maximum absolute atomic E-state index is 11.2. The lowest BCUT2D eigenvalue weighted by Crippen LogP contribution is -2.29. The van der Waals surface area contributed by atoms with Crippen LogP contribution in [0.5, 0.6) is 0 Å². The quantitative estimate of drug-likeness (QED) is 0.588. The minimum absolute atomic E-state index is 0.119. The molecule has 0 saturated heterocycles. The van der Waals surface area contributed by atoms with E-state index < -0.39 is 9.84 Å². The van der Waals surface area contributed by atoms with Crippen molar-refractivity contribution in [2.24, 2.45) is 5.84 Å². The van der Waals surface area contributed by atoms with Gasteiger partial charge in [0.25, 0.3) is 0 Å². The van der Waals surface area contributed by atoms with Gasteiger partial charge in [0.1, 0.15) is 9.84 Å². The largest absolute Gasteiger partial charge is 0.378 e. The smallest absolute Gasteiger partial charge is 0.147 e. The maximum atomic E-state index is 11.2. The predicted octanol–water partition coefficient (Wildman–Crippen LogP) is 0.692. The SMILES string of the molecule is CN(C)c1cccc(C(CCS(C)(=O)=O)NN)c1. The van der Waals surface area contributed by atoms with Crippen LogP contribution < -0.4 is 16.2 Å². The number of hydrazine groups is 1. The van der Waals surface area contributed by atoms with Crippen LogP contribution in [-0.2, 0) is 9.84 Å². The molecule has 1 aromatic rings. The number of hydrogen-bond acceptors (Lipinski definition) is 5. The van der Waals surface area contributed by atoms with Crippen LogP contribution in [0.1, 0.15) is 18.0 Å². The molecule has 0 aliphatic carbocycles. The van der Waals surface area contributed by atoms with Gasteiger partial charge in [0.15, 0.2) is 0 Å². The van der Waals surface area contributed by atoms with Crippen LogP contribution in [-0.4, -0.2) is 34.5 Å². The van der Waals surface area contributed by atoms with Crippen molar-refractivity contribution < 1.29 is 8.42 Å². The summed E-state index contributed by atoms with van der Waals surface area (Å²) in [5.41, 5.74) is 4.73. The van der Waals surface area contributed by atoms with Gasteiger partial charge in [-0.3, -0.25) is 11.3 Å². The van der Waals surface area contributed by atoms with E-state index in [4.69, 9.17) is 5.84 Å². The lowest BCUT2D eigenvalue weighted by atomic mass is 10.0. The Balaban J connectivity index is 2.85. The van der Waals surface area contributed by atoms with Gasteiger partial charge < -0.3 is 4.90 Å². The number of hydrogen-bond donors (Lipinski definition) is 2. The molecule has 5 nitrogen and oxygen atoms in total. The molecule has 18 heavy (non-hydrogen) atoms. The van der Waals surface area contributed by atoms with E-state index in [-0.39, 0.29) is 11.8 Å². The first-order valence-electron chi connectivity index (χ1n) is 5.74. The summed E-state index contributed by atoms with van der Waals surface area (Å²) in [5, 5.41) is 0. The van der Waals surface area contributed by atoms with E-state index in [0.29, 0.717) is 6.42 Å². The molecule has 0 aliphatic rings. The van der Waals surface area contributed by atoms with E-state index in [0.717, 1.165) is 11.3 Å². The molecule has 0 bridgehead atoms. The maximum Gasteiger partial charge on any atom is 0.147 e. The highest BCUT2D eigenvalue weighted by atomic mass is 32.2. The standard InChI is InChI=1S/C12H21N3O2S/c1-15(2)11-6-4-5-10(9-11)12(14-13)7-8-18(3,16)17/h4-6,9,12,14H,7-8,13H2,1-3H3. The first kappa shape index (κ1) is 14.9. The van der Waals surface area contributed by atoms with Crippen LogP contribution in [0.3, 0.4) is 0 Å². The molecule has 3 N–H and O–H groups in total. The Morgan fingerprint density at radius 2 is 2.06 bits per heavy atom. The molecule has 1 aromatic carbocycles. The molecule has 0 radical (unpaired) electrons. The summed E-state index contributed by atoms with van der Waals surface area (Å²) >= 11 is 0. The molecule has 0 aliphatic heterocycles. The van der Waals surface area contributed by atoms with Crippen LogP contribution >= 0.6 is 0 Å². The topological polar surface area (TPSA) is 75.4 Å². The summed E-state index contributed by atoms with van der Waals surface area (Å²) in [6.45, 7) is 0.